The fraction of sp³-hybridized carbons (Fsp3) is 0.679. The summed E-state index contributed by atoms with van der Waals surface area (Å²) in [6.07, 6.45) is -1.98. The quantitative estimate of drug-likeness (QED) is 0.477. The van der Waals surface area contributed by atoms with Gasteiger partial charge in [-0.3, -0.25) is 14.6 Å². The van der Waals surface area contributed by atoms with Gasteiger partial charge in [0.05, 0.1) is 5.41 Å². The van der Waals surface area contributed by atoms with Crippen LogP contribution in [0.15, 0.2) is 24.4 Å². The lowest BCUT2D eigenvalue weighted by atomic mass is 9.65. The van der Waals surface area contributed by atoms with Gasteiger partial charge in [-0.25, -0.2) is 9.59 Å². The lowest BCUT2D eigenvalue weighted by Crippen LogP contribution is -2.50. The molecule has 3 saturated heterocycles. The Kier molecular flexibility index (Phi) is 10.9. The molecule has 1 aliphatic carbocycles. The SMILES string of the molecule is CCN1C[C@H]2C3(CCN(C(=O)c4ccccn4)CC3)CC[C@@]2(C(=O)N2CCCC2)C1.O=C(O)C(F)(F)F.O=C(O)C(F)(F)F. The van der Waals surface area contributed by atoms with Crippen LogP contribution < -0.4 is 0 Å². The number of likely N-dealkylation sites (tertiary alicyclic amines) is 3. The molecule has 16 heteroatoms. The summed E-state index contributed by atoms with van der Waals surface area (Å²) in [7, 11) is 0. The van der Waals surface area contributed by atoms with Gasteiger partial charge < -0.3 is 24.9 Å². The first kappa shape index (κ1) is 35.1. The largest absolute Gasteiger partial charge is 0.490 e. The van der Waals surface area contributed by atoms with Gasteiger partial charge in [-0.1, -0.05) is 13.0 Å². The highest BCUT2D eigenvalue weighted by Gasteiger charge is 2.64. The number of carboxylic acid groups (broad SMARTS) is 2. The Labute approximate surface area is 250 Å². The molecule has 4 fully saturated rings. The molecule has 4 heterocycles. The minimum Gasteiger partial charge on any atom is -0.475 e. The van der Waals surface area contributed by atoms with Crippen LogP contribution >= 0.6 is 0 Å². The zero-order valence-electron chi connectivity index (χ0n) is 24.2. The second kappa shape index (κ2) is 13.7. The first-order valence-electron chi connectivity index (χ1n) is 14.3. The molecule has 1 aromatic heterocycles. The van der Waals surface area contributed by atoms with Crippen molar-refractivity contribution in [2.24, 2.45) is 16.7 Å². The summed E-state index contributed by atoms with van der Waals surface area (Å²) in [6.45, 7) is 8.67. The Morgan fingerprint density at radius 3 is 1.86 bits per heavy atom. The number of aliphatic carboxylic acids is 2. The Morgan fingerprint density at radius 1 is 0.864 bits per heavy atom. The van der Waals surface area contributed by atoms with Crippen molar-refractivity contribution in [3.63, 3.8) is 0 Å². The number of alkyl halides is 6. The first-order valence-corrected chi connectivity index (χ1v) is 14.3. The molecule has 1 spiro atoms. The van der Waals surface area contributed by atoms with Crippen molar-refractivity contribution >= 4 is 23.8 Å². The molecule has 246 valence electrons. The molecule has 3 aliphatic heterocycles. The van der Waals surface area contributed by atoms with Gasteiger partial charge in [0, 0.05) is 45.5 Å². The van der Waals surface area contributed by atoms with Crippen molar-refractivity contribution in [1.82, 2.24) is 19.7 Å². The van der Waals surface area contributed by atoms with E-state index in [1.54, 1.807) is 12.3 Å². The molecule has 1 aromatic rings. The van der Waals surface area contributed by atoms with Gasteiger partial charge in [0.2, 0.25) is 5.91 Å². The number of fused-ring (bicyclic) bond motifs is 2. The summed E-state index contributed by atoms with van der Waals surface area (Å²) in [5, 5.41) is 14.2. The summed E-state index contributed by atoms with van der Waals surface area (Å²) in [6, 6.07) is 5.52. The molecule has 2 N–H and O–H groups in total. The predicted molar refractivity (Wildman–Crippen MR) is 142 cm³/mol. The van der Waals surface area contributed by atoms with Crippen LogP contribution in [0.2, 0.25) is 0 Å². The van der Waals surface area contributed by atoms with Gasteiger partial charge in [-0.05, 0) is 68.5 Å². The smallest absolute Gasteiger partial charge is 0.475 e. The Bertz CT molecular complexity index is 1160. The lowest BCUT2D eigenvalue weighted by Gasteiger charge is -2.44. The van der Waals surface area contributed by atoms with Gasteiger partial charge in [0.15, 0.2) is 0 Å². The molecule has 5 rings (SSSR count). The van der Waals surface area contributed by atoms with Crippen molar-refractivity contribution in [3.05, 3.63) is 30.1 Å². The Balaban J connectivity index is 0.000000317. The Hall–Kier alpha value is -3.43. The monoisotopic (exact) mass is 638 g/mol. The van der Waals surface area contributed by atoms with E-state index in [1.807, 2.05) is 17.0 Å². The maximum Gasteiger partial charge on any atom is 0.490 e. The lowest BCUT2D eigenvalue weighted by molar-refractivity contribution is -0.193. The number of hydrogen-bond acceptors (Lipinski definition) is 6. The van der Waals surface area contributed by atoms with Crippen LogP contribution in [0.5, 0.6) is 0 Å². The average Bonchev–Trinajstić information content (AvgIpc) is 3.70. The highest BCUT2D eigenvalue weighted by Crippen LogP contribution is 2.62. The zero-order chi connectivity index (χ0) is 32.9. The molecular formula is C28H36F6N4O6. The van der Waals surface area contributed by atoms with Crippen LogP contribution in [-0.4, -0.2) is 112 Å². The van der Waals surface area contributed by atoms with Gasteiger partial charge >= 0.3 is 24.3 Å². The molecular weight excluding hydrogens is 602 g/mol. The number of amides is 2. The van der Waals surface area contributed by atoms with Crippen LogP contribution in [0, 0.1) is 16.7 Å². The van der Waals surface area contributed by atoms with Crippen molar-refractivity contribution in [2.75, 3.05) is 45.8 Å². The van der Waals surface area contributed by atoms with Crippen molar-refractivity contribution < 1.29 is 55.7 Å². The van der Waals surface area contributed by atoms with E-state index in [-0.39, 0.29) is 16.7 Å². The van der Waals surface area contributed by atoms with E-state index in [9.17, 15) is 35.9 Å². The zero-order valence-corrected chi connectivity index (χ0v) is 24.2. The minimum absolute atomic E-state index is 0.0458. The maximum absolute atomic E-state index is 13.7. The number of rotatable bonds is 3. The minimum atomic E-state index is -5.08. The van der Waals surface area contributed by atoms with Gasteiger partial charge in [-0.2, -0.15) is 26.3 Å². The summed E-state index contributed by atoms with van der Waals surface area (Å²) >= 11 is 0. The number of carbonyl (C=O) groups excluding carboxylic acids is 2. The topological polar surface area (TPSA) is 131 Å². The Morgan fingerprint density at radius 2 is 1.41 bits per heavy atom. The molecule has 0 radical (unpaired) electrons. The number of pyridine rings is 1. The highest BCUT2D eigenvalue weighted by molar-refractivity contribution is 5.92. The third kappa shape index (κ3) is 7.80. The normalized spacial score (nSPS) is 24.6. The molecule has 44 heavy (non-hydrogen) atoms. The maximum atomic E-state index is 13.7. The molecule has 10 nitrogen and oxygen atoms in total. The number of nitrogens with zero attached hydrogens (tertiary/aromatic N) is 4. The van der Waals surface area contributed by atoms with E-state index < -0.39 is 24.3 Å². The first-order chi connectivity index (χ1) is 20.5. The van der Waals surface area contributed by atoms with Gasteiger partial charge in [0.25, 0.3) is 5.91 Å². The summed E-state index contributed by atoms with van der Waals surface area (Å²) in [4.78, 5) is 55.3. The second-order valence-corrected chi connectivity index (χ2v) is 11.5. The summed E-state index contributed by atoms with van der Waals surface area (Å²) in [5.41, 5.74) is 0.560. The van der Waals surface area contributed by atoms with Crippen LogP contribution in [0.3, 0.4) is 0 Å². The number of carbonyl (C=O) groups is 4. The van der Waals surface area contributed by atoms with Crippen molar-refractivity contribution in [1.29, 1.82) is 0 Å². The van der Waals surface area contributed by atoms with Gasteiger partial charge in [0.1, 0.15) is 5.69 Å². The van der Waals surface area contributed by atoms with Crippen LogP contribution in [0.4, 0.5) is 26.3 Å². The van der Waals surface area contributed by atoms with E-state index in [1.165, 1.54) is 0 Å². The third-order valence-electron chi connectivity index (χ3n) is 9.10. The van der Waals surface area contributed by atoms with Gasteiger partial charge in [-0.15, -0.1) is 0 Å². The fourth-order valence-electron chi connectivity index (χ4n) is 6.89. The number of hydrogen-bond donors (Lipinski definition) is 2. The van der Waals surface area contributed by atoms with E-state index in [4.69, 9.17) is 19.8 Å². The van der Waals surface area contributed by atoms with Crippen LogP contribution in [-0.2, 0) is 14.4 Å². The molecule has 0 bridgehead atoms. The van der Waals surface area contributed by atoms with E-state index in [2.05, 4.69) is 21.7 Å². The summed E-state index contributed by atoms with van der Waals surface area (Å²) in [5.74, 6) is -4.60. The fourth-order valence-corrected chi connectivity index (χ4v) is 6.89. The molecule has 0 unspecified atom stereocenters. The predicted octanol–water partition coefficient (Wildman–Crippen LogP) is 3.92. The van der Waals surface area contributed by atoms with Crippen LogP contribution in [0.1, 0.15) is 55.9 Å². The van der Waals surface area contributed by atoms with Crippen LogP contribution in [0.25, 0.3) is 0 Å². The molecule has 2 atom stereocenters. The van der Waals surface area contributed by atoms with E-state index in [0.717, 1.165) is 84.3 Å². The second-order valence-electron chi connectivity index (χ2n) is 11.5. The average molecular weight is 639 g/mol. The number of halogens is 6. The molecule has 1 saturated carbocycles. The third-order valence-corrected chi connectivity index (χ3v) is 9.10. The number of aromatic nitrogens is 1. The van der Waals surface area contributed by atoms with E-state index in [0.29, 0.717) is 17.5 Å². The molecule has 0 aromatic carbocycles. The summed E-state index contributed by atoms with van der Waals surface area (Å²) < 4.78 is 63.5. The standard InChI is InChI=1S/C24H34N4O2.2C2HF3O2/c1-2-26-17-20-23(8-9-24(20,18-26)22(30)28-13-5-6-14-28)10-15-27(16-11-23)21(29)19-7-3-4-12-25-19;2*3-2(4,5)1(6)7/h3-4,7,12,20H,2,5-6,8-11,13-18H2,1H3;2*(H,6,7)/t20-,24+;;/m0../s1. The van der Waals surface area contributed by atoms with Crippen molar-refractivity contribution in [3.8, 4) is 0 Å². The van der Waals surface area contributed by atoms with Crippen molar-refractivity contribution in [2.45, 2.75) is 57.8 Å². The molecule has 2 amide bonds. The number of carboxylic acids is 2. The number of piperidine rings is 1. The molecule has 4 aliphatic rings. The van der Waals surface area contributed by atoms with E-state index >= 15 is 0 Å². The highest BCUT2D eigenvalue weighted by atomic mass is 19.4.